The minimum Gasteiger partial charge on any atom is -0.346 e. The van der Waals surface area contributed by atoms with Crippen molar-refractivity contribution in [3.05, 3.63) is 87.4 Å². The summed E-state index contributed by atoms with van der Waals surface area (Å²) in [5.41, 5.74) is 3.38. The van der Waals surface area contributed by atoms with E-state index in [-0.39, 0.29) is 11.7 Å². The minimum absolute atomic E-state index is 0.0260. The number of nitrogens with one attached hydrogen (secondary N) is 2. The van der Waals surface area contributed by atoms with E-state index in [2.05, 4.69) is 39.8 Å². The van der Waals surface area contributed by atoms with Crippen LogP contribution in [0.5, 0.6) is 0 Å². The fourth-order valence-corrected chi connectivity index (χ4v) is 4.66. The summed E-state index contributed by atoms with van der Waals surface area (Å²) in [6.45, 7) is 3.63. The van der Waals surface area contributed by atoms with Gasteiger partial charge in [0.1, 0.15) is 5.82 Å². The highest BCUT2D eigenvalue weighted by atomic mass is 32.1. The Morgan fingerprint density at radius 2 is 1.90 bits per heavy atom. The van der Waals surface area contributed by atoms with E-state index in [1.807, 2.05) is 17.5 Å². The van der Waals surface area contributed by atoms with Crippen molar-refractivity contribution in [1.82, 2.24) is 10.2 Å². The van der Waals surface area contributed by atoms with Crippen molar-refractivity contribution in [2.24, 2.45) is 0 Å². The van der Waals surface area contributed by atoms with Crippen LogP contribution in [0.15, 0.2) is 60.0 Å². The van der Waals surface area contributed by atoms with E-state index in [1.54, 1.807) is 30.4 Å². The molecule has 3 aromatic rings. The monoisotopic (exact) mass is 437 g/mol. The van der Waals surface area contributed by atoms with E-state index in [1.165, 1.54) is 17.2 Å². The zero-order chi connectivity index (χ0) is 21.8. The zero-order valence-corrected chi connectivity index (χ0v) is 18.0. The van der Waals surface area contributed by atoms with E-state index in [0.717, 1.165) is 24.4 Å². The van der Waals surface area contributed by atoms with Gasteiger partial charge in [-0.1, -0.05) is 36.4 Å². The molecular formula is C24H24FN3O2S. The summed E-state index contributed by atoms with van der Waals surface area (Å²) in [5.74, 6) is -1.97. The number of nitrogens with zero attached hydrogens (tertiary/aromatic N) is 1. The van der Waals surface area contributed by atoms with Gasteiger partial charge in [-0.15, -0.1) is 11.3 Å². The molecule has 5 nitrogen and oxygen atoms in total. The van der Waals surface area contributed by atoms with Gasteiger partial charge in [0, 0.05) is 30.2 Å². The number of rotatable bonds is 5. The average molecular weight is 438 g/mol. The molecule has 0 radical (unpaired) electrons. The number of benzene rings is 2. The lowest BCUT2D eigenvalue weighted by molar-refractivity contribution is -0.136. The van der Waals surface area contributed by atoms with E-state index >= 15 is 0 Å². The van der Waals surface area contributed by atoms with E-state index in [4.69, 9.17) is 0 Å². The van der Waals surface area contributed by atoms with Gasteiger partial charge in [0.2, 0.25) is 0 Å². The third-order valence-corrected chi connectivity index (χ3v) is 6.54. The highest BCUT2D eigenvalue weighted by molar-refractivity contribution is 7.10. The lowest BCUT2D eigenvalue weighted by Crippen LogP contribution is -2.43. The molecule has 0 aliphatic carbocycles. The third-order valence-electron chi connectivity index (χ3n) is 5.56. The van der Waals surface area contributed by atoms with Crippen molar-refractivity contribution in [3.8, 4) is 0 Å². The Labute approximate surface area is 184 Å². The highest BCUT2D eigenvalue weighted by Gasteiger charge is 2.26. The lowest BCUT2D eigenvalue weighted by atomic mass is 9.98. The Hall–Kier alpha value is -3.03. The summed E-state index contributed by atoms with van der Waals surface area (Å²) < 4.78 is 13.7. The summed E-state index contributed by atoms with van der Waals surface area (Å²) in [7, 11) is 0. The molecule has 4 rings (SSSR count). The molecule has 2 amide bonds. The number of hydrogen-bond acceptors (Lipinski definition) is 4. The molecule has 160 valence electrons. The van der Waals surface area contributed by atoms with Gasteiger partial charge in [0.15, 0.2) is 0 Å². The number of fused-ring (bicyclic) bond motifs is 1. The molecule has 0 saturated carbocycles. The fourth-order valence-electron chi connectivity index (χ4n) is 3.80. The van der Waals surface area contributed by atoms with Gasteiger partial charge < -0.3 is 10.6 Å². The van der Waals surface area contributed by atoms with Gasteiger partial charge in [-0.05, 0) is 53.6 Å². The van der Waals surface area contributed by atoms with E-state index in [9.17, 15) is 14.0 Å². The molecule has 1 aliphatic rings. The van der Waals surface area contributed by atoms with Crippen molar-refractivity contribution in [2.45, 2.75) is 25.9 Å². The maximum absolute atomic E-state index is 13.7. The van der Waals surface area contributed by atoms with E-state index in [0.29, 0.717) is 12.1 Å². The van der Waals surface area contributed by atoms with Crippen LogP contribution in [0.25, 0.3) is 0 Å². The molecule has 0 unspecified atom stereocenters. The van der Waals surface area contributed by atoms with Crippen LogP contribution in [0.2, 0.25) is 0 Å². The molecule has 0 fully saturated rings. The Balaban J connectivity index is 1.41. The van der Waals surface area contributed by atoms with Crippen molar-refractivity contribution in [2.75, 3.05) is 18.4 Å². The number of carbonyl (C=O) groups is 2. The predicted octanol–water partition coefficient (Wildman–Crippen LogP) is 4.05. The number of anilines is 1. The molecule has 0 bridgehead atoms. The minimum atomic E-state index is -0.808. The van der Waals surface area contributed by atoms with Crippen LogP contribution in [-0.2, 0) is 22.6 Å². The van der Waals surface area contributed by atoms with E-state index < -0.39 is 17.6 Å². The van der Waals surface area contributed by atoms with Crippen LogP contribution in [0, 0.1) is 12.7 Å². The Kier molecular flexibility index (Phi) is 6.44. The van der Waals surface area contributed by atoms with Gasteiger partial charge in [0.25, 0.3) is 0 Å². The van der Waals surface area contributed by atoms with Gasteiger partial charge in [-0.25, -0.2) is 4.39 Å². The molecule has 31 heavy (non-hydrogen) atoms. The maximum Gasteiger partial charge on any atom is 0.313 e. The zero-order valence-electron chi connectivity index (χ0n) is 17.2. The fraction of sp³-hybridized carbons (Fsp3) is 0.250. The van der Waals surface area contributed by atoms with Crippen LogP contribution >= 0.6 is 11.3 Å². The Bertz CT molecular complexity index is 1080. The van der Waals surface area contributed by atoms with Gasteiger partial charge in [-0.3, -0.25) is 14.5 Å². The summed E-state index contributed by atoms with van der Waals surface area (Å²) in [4.78, 5) is 28.2. The molecule has 1 atom stereocenters. The number of amides is 2. The smallest absolute Gasteiger partial charge is 0.313 e. The quantitative estimate of drug-likeness (QED) is 0.592. The summed E-state index contributed by atoms with van der Waals surface area (Å²) in [6, 6.07) is 16.8. The Morgan fingerprint density at radius 1 is 1.10 bits per heavy atom. The summed E-state index contributed by atoms with van der Waals surface area (Å²) in [6.07, 6.45) is 0.950. The Morgan fingerprint density at radius 3 is 2.65 bits per heavy atom. The van der Waals surface area contributed by atoms with Gasteiger partial charge in [-0.2, -0.15) is 0 Å². The second-order valence-corrected chi connectivity index (χ2v) is 8.63. The number of carbonyl (C=O) groups excluding carboxylic acids is 2. The van der Waals surface area contributed by atoms with Crippen LogP contribution < -0.4 is 10.6 Å². The van der Waals surface area contributed by atoms with Crippen molar-refractivity contribution < 1.29 is 14.0 Å². The first-order valence-electron chi connectivity index (χ1n) is 10.2. The van der Waals surface area contributed by atoms with Crippen molar-refractivity contribution >= 4 is 28.8 Å². The first-order chi connectivity index (χ1) is 15.0. The SMILES string of the molecule is Cc1ccc(NC(=O)C(=O)NC[C@@H](c2cccs2)N2CCc3ccccc3C2)cc1F. The molecule has 2 heterocycles. The molecule has 2 N–H and O–H groups in total. The normalized spacial score (nSPS) is 14.5. The number of hydrogen-bond donors (Lipinski definition) is 2. The molecule has 1 aliphatic heterocycles. The van der Waals surface area contributed by atoms with Crippen LogP contribution in [0.1, 0.15) is 27.6 Å². The first kappa shape index (κ1) is 21.2. The van der Waals surface area contributed by atoms with Crippen LogP contribution in [0.4, 0.5) is 10.1 Å². The molecule has 1 aromatic heterocycles. The second kappa shape index (κ2) is 9.41. The molecule has 0 spiro atoms. The summed E-state index contributed by atoms with van der Waals surface area (Å²) >= 11 is 1.64. The molecule has 7 heteroatoms. The van der Waals surface area contributed by atoms with Crippen molar-refractivity contribution in [1.29, 1.82) is 0 Å². The first-order valence-corrected chi connectivity index (χ1v) is 11.1. The molecular weight excluding hydrogens is 413 g/mol. The standard InChI is InChI=1S/C24H24FN3O2S/c1-16-8-9-19(13-20(16)25)27-24(30)23(29)26-14-21(22-7-4-12-31-22)28-11-10-17-5-2-3-6-18(17)15-28/h2-9,12-13,21H,10-11,14-15H2,1H3,(H,26,29)(H,27,30)/t21-/m0/s1. The second-order valence-electron chi connectivity index (χ2n) is 7.65. The largest absolute Gasteiger partial charge is 0.346 e. The summed E-state index contributed by atoms with van der Waals surface area (Å²) in [5, 5.41) is 7.23. The topological polar surface area (TPSA) is 61.4 Å². The third kappa shape index (κ3) is 5.00. The number of aryl methyl sites for hydroxylation is 1. The molecule has 2 aromatic carbocycles. The average Bonchev–Trinajstić information content (AvgIpc) is 3.31. The van der Waals surface area contributed by atoms with Gasteiger partial charge >= 0.3 is 11.8 Å². The van der Waals surface area contributed by atoms with Crippen LogP contribution in [0.3, 0.4) is 0 Å². The maximum atomic E-state index is 13.7. The van der Waals surface area contributed by atoms with Gasteiger partial charge in [0.05, 0.1) is 6.04 Å². The predicted molar refractivity (Wildman–Crippen MR) is 120 cm³/mol. The number of thiophene rings is 1. The number of halogens is 1. The van der Waals surface area contributed by atoms with Crippen LogP contribution in [-0.4, -0.2) is 29.8 Å². The lowest BCUT2D eigenvalue weighted by Gasteiger charge is -2.35. The van der Waals surface area contributed by atoms with Crippen molar-refractivity contribution in [3.63, 3.8) is 0 Å². The molecule has 0 saturated heterocycles. The highest BCUT2D eigenvalue weighted by Crippen LogP contribution is 2.30.